The first-order valence-corrected chi connectivity index (χ1v) is 4.62. The van der Waals surface area contributed by atoms with Crippen LogP contribution in [0.25, 0.3) is 0 Å². The van der Waals surface area contributed by atoms with Gasteiger partial charge < -0.3 is 24.1 Å². The molecule has 1 saturated heterocycles. The van der Waals surface area contributed by atoms with Crippen molar-refractivity contribution in [2.45, 2.75) is 31.5 Å². The van der Waals surface area contributed by atoms with Gasteiger partial charge >= 0.3 is 5.97 Å². The summed E-state index contributed by atoms with van der Waals surface area (Å²) in [7, 11) is 2.97. The molecule has 1 aliphatic rings. The third-order valence-electron chi connectivity index (χ3n) is 2.28. The normalized spacial score (nSPS) is 36.3. The SMILES string of the molecule is CO[C@H]1[C@H](OC)COC(O)[C@@H]1OC(C)=O. The van der Waals surface area contributed by atoms with E-state index in [9.17, 15) is 9.90 Å². The topological polar surface area (TPSA) is 74.2 Å². The quantitative estimate of drug-likeness (QED) is 0.634. The Hall–Kier alpha value is -0.690. The second-order valence-corrected chi connectivity index (χ2v) is 3.27. The largest absolute Gasteiger partial charge is 0.454 e. The number of esters is 1. The molecule has 0 aliphatic carbocycles. The summed E-state index contributed by atoms with van der Waals surface area (Å²) in [6.07, 6.45) is -2.91. The Morgan fingerprint density at radius 1 is 1.33 bits per heavy atom. The molecule has 15 heavy (non-hydrogen) atoms. The summed E-state index contributed by atoms with van der Waals surface area (Å²) in [5.41, 5.74) is 0. The average Bonchev–Trinajstić information content (AvgIpc) is 2.20. The Kier molecular flexibility index (Phi) is 4.46. The van der Waals surface area contributed by atoms with E-state index >= 15 is 0 Å². The molecule has 0 radical (unpaired) electrons. The summed E-state index contributed by atoms with van der Waals surface area (Å²) in [5, 5.41) is 9.50. The van der Waals surface area contributed by atoms with Gasteiger partial charge in [-0.15, -0.1) is 0 Å². The van der Waals surface area contributed by atoms with Crippen LogP contribution >= 0.6 is 0 Å². The number of carbonyl (C=O) groups is 1. The van der Waals surface area contributed by atoms with Gasteiger partial charge in [-0.25, -0.2) is 0 Å². The zero-order chi connectivity index (χ0) is 11.4. The minimum absolute atomic E-state index is 0.202. The maximum atomic E-state index is 10.8. The van der Waals surface area contributed by atoms with Crippen LogP contribution in [0, 0.1) is 0 Å². The smallest absolute Gasteiger partial charge is 0.303 e. The predicted molar refractivity (Wildman–Crippen MR) is 49.1 cm³/mol. The molecule has 1 N–H and O–H groups in total. The Bertz CT molecular complexity index is 219. The molecule has 1 aliphatic heterocycles. The van der Waals surface area contributed by atoms with E-state index in [2.05, 4.69) is 0 Å². The van der Waals surface area contributed by atoms with E-state index in [1.54, 1.807) is 0 Å². The molecule has 6 nitrogen and oxygen atoms in total. The summed E-state index contributed by atoms with van der Waals surface area (Å²) >= 11 is 0. The Balaban J connectivity index is 2.71. The molecule has 0 aromatic carbocycles. The van der Waals surface area contributed by atoms with Crippen molar-refractivity contribution < 1.29 is 28.8 Å². The number of ether oxygens (including phenoxy) is 4. The van der Waals surface area contributed by atoms with Gasteiger partial charge in [-0.3, -0.25) is 4.79 Å². The standard InChI is InChI=1S/C9H16O6/c1-5(10)15-8-7(13-3)6(12-2)4-14-9(8)11/h6-9,11H,4H2,1-3H3/t6-,7+,8-,9?/m1/s1. The van der Waals surface area contributed by atoms with E-state index in [1.807, 2.05) is 0 Å². The minimum atomic E-state index is -1.18. The predicted octanol–water partition coefficient (Wildman–Crippen LogP) is -0.703. The van der Waals surface area contributed by atoms with Gasteiger partial charge in [0.25, 0.3) is 0 Å². The second-order valence-electron chi connectivity index (χ2n) is 3.27. The Morgan fingerprint density at radius 2 is 2.00 bits per heavy atom. The lowest BCUT2D eigenvalue weighted by molar-refractivity contribution is -0.267. The summed E-state index contributed by atoms with van der Waals surface area (Å²) in [6, 6.07) is 0. The number of methoxy groups -OCH3 is 2. The maximum Gasteiger partial charge on any atom is 0.303 e. The van der Waals surface area contributed by atoms with E-state index in [4.69, 9.17) is 18.9 Å². The summed E-state index contributed by atoms with van der Waals surface area (Å²) in [6.45, 7) is 1.46. The van der Waals surface area contributed by atoms with Crippen molar-refractivity contribution in [3.8, 4) is 0 Å². The monoisotopic (exact) mass is 220 g/mol. The highest BCUT2D eigenvalue weighted by Crippen LogP contribution is 2.21. The minimum Gasteiger partial charge on any atom is -0.454 e. The molecular weight excluding hydrogens is 204 g/mol. The second kappa shape index (κ2) is 5.41. The first-order valence-electron chi connectivity index (χ1n) is 4.62. The fraction of sp³-hybridized carbons (Fsp3) is 0.889. The van der Waals surface area contributed by atoms with E-state index in [0.717, 1.165) is 0 Å². The lowest BCUT2D eigenvalue weighted by Gasteiger charge is -2.38. The van der Waals surface area contributed by atoms with Crippen molar-refractivity contribution in [2.24, 2.45) is 0 Å². The van der Waals surface area contributed by atoms with Crippen LogP contribution in [0.4, 0.5) is 0 Å². The highest BCUT2D eigenvalue weighted by atomic mass is 16.7. The van der Waals surface area contributed by atoms with Crippen LogP contribution in [0.1, 0.15) is 6.92 Å². The maximum absolute atomic E-state index is 10.8. The van der Waals surface area contributed by atoms with Gasteiger partial charge in [0.2, 0.25) is 0 Å². The first kappa shape index (κ1) is 12.4. The Morgan fingerprint density at radius 3 is 2.47 bits per heavy atom. The molecule has 0 aromatic rings. The molecular formula is C9H16O6. The van der Waals surface area contributed by atoms with Crippen molar-refractivity contribution >= 4 is 5.97 Å². The summed E-state index contributed by atoms with van der Waals surface area (Å²) in [5.74, 6) is -0.499. The van der Waals surface area contributed by atoms with Gasteiger partial charge in [0.15, 0.2) is 12.4 Å². The number of carbonyl (C=O) groups excluding carboxylic acids is 1. The van der Waals surface area contributed by atoms with E-state index < -0.39 is 24.5 Å². The van der Waals surface area contributed by atoms with E-state index in [-0.39, 0.29) is 12.7 Å². The zero-order valence-electron chi connectivity index (χ0n) is 9.00. The highest BCUT2D eigenvalue weighted by molar-refractivity contribution is 5.66. The van der Waals surface area contributed by atoms with Crippen LogP contribution in [0.2, 0.25) is 0 Å². The van der Waals surface area contributed by atoms with Crippen molar-refractivity contribution in [3.63, 3.8) is 0 Å². The number of rotatable bonds is 3. The molecule has 0 amide bonds. The molecule has 6 heteroatoms. The zero-order valence-corrected chi connectivity index (χ0v) is 9.00. The third-order valence-corrected chi connectivity index (χ3v) is 2.28. The van der Waals surface area contributed by atoms with Crippen LogP contribution in [0.5, 0.6) is 0 Å². The number of hydrogen-bond acceptors (Lipinski definition) is 6. The van der Waals surface area contributed by atoms with Crippen LogP contribution < -0.4 is 0 Å². The molecule has 1 heterocycles. The van der Waals surface area contributed by atoms with Crippen molar-refractivity contribution in [1.82, 2.24) is 0 Å². The molecule has 0 bridgehead atoms. The van der Waals surface area contributed by atoms with Gasteiger partial charge in [-0.1, -0.05) is 0 Å². The molecule has 4 atom stereocenters. The fourth-order valence-corrected chi connectivity index (χ4v) is 1.56. The number of aliphatic hydroxyl groups excluding tert-OH is 1. The van der Waals surface area contributed by atoms with Crippen LogP contribution in [0.15, 0.2) is 0 Å². The van der Waals surface area contributed by atoms with Gasteiger partial charge in [-0.2, -0.15) is 0 Å². The first-order chi connectivity index (χ1) is 7.10. The molecule has 0 aromatic heterocycles. The molecule has 1 unspecified atom stereocenters. The van der Waals surface area contributed by atoms with Gasteiger partial charge in [0, 0.05) is 21.1 Å². The van der Waals surface area contributed by atoms with Crippen molar-refractivity contribution in [3.05, 3.63) is 0 Å². The van der Waals surface area contributed by atoms with Crippen molar-refractivity contribution in [2.75, 3.05) is 20.8 Å². The summed E-state index contributed by atoms with van der Waals surface area (Å²) in [4.78, 5) is 10.8. The van der Waals surface area contributed by atoms with Crippen LogP contribution in [-0.4, -0.2) is 56.5 Å². The van der Waals surface area contributed by atoms with Crippen LogP contribution in [-0.2, 0) is 23.7 Å². The summed E-state index contributed by atoms with van der Waals surface area (Å²) < 4.78 is 20.2. The van der Waals surface area contributed by atoms with Crippen molar-refractivity contribution in [1.29, 1.82) is 0 Å². The number of hydrogen-bond donors (Lipinski definition) is 1. The fourth-order valence-electron chi connectivity index (χ4n) is 1.56. The highest BCUT2D eigenvalue weighted by Gasteiger charge is 2.42. The van der Waals surface area contributed by atoms with E-state index in [1.165, 1.54) is 21.1 Å². The Labute approximate surface area is 88.1 Å². The van der Waals surface area contributed by atoms with Gasteiger partial charge in [0.05, 0.1) is 6.61 Å². The molecule has 0 saturated carbocycles. The van der Waals surface area contributed by atoms with Gasteiger partial charge in [-0.05, 0) is 0 Å². The lowest BCUT2D eigenvalue weighted by Crippen LogP contribution is -2.55. The number of aliphatic hydroxyl groups is 1. The molecule has 1 fully saturated rings. The average molecular weight is 220 g/mol. The van der Waals surface area contributed by atoms with Gasteiger partial charge in [0.1, 0.15) is 12.2 Å². The lowest BCUT2D eigenvalue weighted by atomic mass is 10.0. The van der Waals surface area contributed by atoms with Crippen LogP contribution in [0.3, 0.4) is 0 Å². The third kappa shape index (κ3) is 2.88. The molecule has 0 spiro atoms. The van der Waals surface area contributed by atoms with E-state index in [0.29, 0.717) is 0 Å². The molecule has 88 valence electrons. The molecule has 1 rings (SSSR count).